The number of aliphatic hydroxyl groups excluding tert-OH is 1. The molecular formula is C26H32BrN3O5S. The van der Waals surface area contributed by atoms with E-state index in [1.54, 1.807) is 72.1 Å². The van der Waals surface area contributed by atoms with Gasteiger partial charge >= 0.3 is 0 Å². The van der Waals surface area contributed by atoms with Crippen LogP contribution in [0.25, 0.3) is 0 Å². The van der Waals surface area contributed by atoms with Crippen LogP contribution in [0.2, 0.25) is 0 Å². The third-order valence-electron chi connectivity index (χ3n) is 7.39. The van der Waals surface area contributed by atoms with Crippen molar-refractivity contribution < 1.29 is 24.2 Å². The molecule has 36 heavy (non-hydrogen) atoms. The smallest absolute Gasteiger partial charge is 0.251 e. The Morgan fingerprint density at radius 2 is 1.92 bits per heavy atom. The van der Waals surface area contributed by atoms with Crippen molar-refractivity contribution in [1.82, 2.24) is 9.80 Å². The van der Waals surface area contributed by atoms with Crippen molar-refractivity contribution in [2.24, 2.45) is 11.8 Å². The first kappa shape index (κ1) is 26.8. The average Bonchev–Trinajstić information content (AvgIpc) is 3.46. The molecule has 194 valence electrons. The van der Waals surface area contributed by atoms with Gasteiger partial charge in [0.1, 0.15) is 11.8 Å². The highest BCUT2D eigenvalue weighted by Crippen LogP contribution is 2.68. The van der Waals surface area contributed by atoms with Gasteiger partial charge in [-0.25, -0.2) is 0 Å². The van der Waals surface area contributed by atoms with Crippen molar-refractivity contribution in [1.29, 1.82) is 0 Å². The molecule has 3 unspecified atom stereocenters. The van der Waals surface area contributed by atoms with Crippen LogP contribution in [0.4, 0.5) is 5.69 Å². The number of likely N-dealkylation sites (N-methyl/N-ethyl adjacent to an activating group) is 1. The molecule has 10 heteroatoms. The van der Waals surface area contributed by atoms with Crippen molar-refractivity contribution in [2.45, 2.75) is 27.3 Å². The first-order chi connectivity index (χ1) is 17.2. The second-order valence-corrected chi connectivity index (χ2v) is 12.1. The number of thioether (sulfide) groups is 1. The first-order valence-corrected chi connectivity index (χ1v) is 13.7. The van der Waals surface area contributed by atoms with Gasteiger partial charge in [0.2, 0.25) is 11.8 Å². The zero-order valence-corrected chi connectivity index (χ0v) is 22.9. The molecule has 0 saturated carbocycles. The number of nitrogens with zero attached hydrogens (tertiary/aromatic N) is 3. The molecule has 0 aromatic heterocycles. The van der Waals surface area contributed by atoms with Gasteiger partial charge in [-0.15, -0.1) is 24.9 Å². The summed E-state index contributed by atoms with van der Waals surface area (Å²) in [7, 11) is 3.28. The fourth-order valence-corrected chi connectivity index (χ4v) is 9.54. The molecule has 1 aromatic rings. The summed E-state index contributed by atoms with van der Waals surface area (Å²) in [6.07, 6.45) is 3.88. The number of amides is 3. The number of methoxy groups -OCH3 is 1. The van der Waals surface area contributed by atoms with Crippen molar-refractivity contribution in [2.75, 3.05) is 45.3 Å². The topological polar surface area (TPSA) is 90.4 Å². The second kappa shape index (κ2) is 10.6. The summed E-state index contributed by atoms with van der Waals surface area (Å²) in [5, 5.41) is 9.70. The number of hydrogen-bond acceptors (Lipinski definition) is 6. The van der Waals surface area contributed by atoms with Gasteiger partial charge in [0, 0.05) is 42.4 Å². The predicted octanol–water partition coefficient (Wildman–Crippen LogP) is 2.32. The van der Waals surface area contributed by atoms with Crippen molar-refractivity contribution in [3.63, 3.8) is 0 Å². The van der Waals surface area contributed by atoms with Gasteiger partial charge in [0.15, 0.2) is 0 Å². The molecule has 3 aliphatic rings. The molecule has 6 atom stereocenters. The number of alkyl halides is 1. The maximum Gasteiger partial charge on any atom is 0.251 e. The fraction of sp³-hybridized carbons (Fsp3) is 0.500. The maximum absolute atomic E-state index is 14.3. The zero-order chi connectivity index (χ0) is 26.2. The van der Waals surface area contributed by atoms with Crippen molar-refractivity contribution >= 4 is 51.1 Å². The third kappa shape index (κ3) is 4.16. The second-order valence-electron chi connectivity index (χ2n) is 9.36. The van der Waals surface area contributed by atoms with Gasteiger partial charge in [0.25, 0.3) is 5.91 Å². The summed E-state index contributed by atoms with van der Waals surface area (Å²) in [6, 6.07) is 6.33. The minimum Gasteiger partial charge on any atom is -0.497 e. The minimum atomic E-state index is -0.818. The Kier molecular flexibility index (Phi) is 7.87. The van der Waals surface area contributed by atoms with Gasteiger partial charge in [-0.3, -0.25) is 14.4 Å². The van der Waals surface area contributed by atoms with Gasteiger partial charge in [0.05, 0.1) is 30.3 Å². The Morgan fingerprint density at radius 3 is 2.50 bits per heavy atom. The minimum absolute atomic E-state index is 0.0177. The molecule has 3 heterocycles. The number of anilines is 1. The lowest BCUT2D eigenvalue weighted by Crippen LogP contribution is -2.56. The molecule has 3 saturated heterocycles. The number of benzene rings is 1. The van der Waals surface area contributed by atoms with E-state index in [2.05, 4.69) is 29.1 Å². The number of halogens is 1. The molecule has 3 amide bonds. The lowest BCUT2D eigenvalue weighted by molar-refractivity contribution is -0.143. The Hall–Kier alpha value is -2.30. The quantitative estimate of drug-likeness (QED) is 0.339. The molecule has 3 aliphatic heterocycles. The highest BCUT2D eigenvalue weighted by molar-refractivity contribution is 9.09. The molecule has 1 aromatic carbocycles. The summed E-state index contributed by atoms with van der Waals surface area (Å²) in [5.41, 5.74) is 0.656. The van der Waals surface area contributed by atoms with Gasteiger partial charge in [-0.05, 0) is 30.7 Å². The van der Waals surface area contributed by atoms with E-state index in [9.17, 15) is 19.5 Å². The van der Waals surface area contributed by atoms with E-state index in [1.807, 2.05) is 0 Å². The molecular weight excluding hydrogens is 546 g/mol. The van der Waals surface area contributed by atoms with Gasteiger partial charge < -0.3 is 24.5 Å². The lowest BCUT2D eigenvalue weighted by atomic mass is 9.70. The van der Waals surface area contributed by atoms with Crippen LogP contribution in [0.15, 0.2) is 49.6 Å². The van der Waals surface area contributed by atoms with Crippen LogP contribution >= 0.6 is 27.7 Å². The van der Waals surface area contributed by atoms with E-state index in [1.165, 1.54) is 4.90 Å². The van der Waals surface area contributed by atoms with Crippen LogP contribution in [-0.2, 0) is 14.4 Å². The van der Waals surface area contributed by atoms with E-state index in [-0.39, 0.29) is 47.5 Å². The molecule has 2 bridgehead atoms. The molecule has 8 nitrogen and oxygen atoms in total. The number of rotatable bonds is 10. The summed E-state index contributed by atoms with van der Waals surface area (Å²) in [5.74, 6) is -1.13. The SMILES string of the molecule is C=CCN(C)C(=O)[C@H]1[C@H]2C(=O)N(CCO)C(C(=O)N(CC=C)c3ccc(OC)cc3)C23CC(Br)[C@@H]1S3. The van der Waals surface area contributed by atoms with E-state index in [0.717, 1.165) is 0 Å². The number of β-amino-alcohol motifs (C(OH)–C–C–N with tert-alkyl or cyclic N) is 1. The Labute approximate surface area is 224 Å². The standard InChI is InChI=1S/C26H32BrN3O5S/c1-5-11-28(3)23(32)19-20-24(33)30(13-14-31)22(26(20)15-18(27)21(19)36-26)25(34)29(12-6-2)16-7-9-17(35-4)10-8-16/h5-10,18-22,31H,1-2,11-15H2,3-4H3/t18?,19-,20-,21-,22?,26?/m0/s1. The van der Waals surface area contributed by atoms with Gasteiger partial charge in [-0.2, -0.15) is 0 Å². The Bertz CT molecular complexity index is 1050. The monoisotopic (exact) mass is 577 g/mol. The number of ether oxygens (including phenoxy) is 1. The largest absolute Gasteiger partial charge is 0.497 e. The zero-order valence-electron chi connectivity index (χ0n) is 20.5. The highest BCUT2D eigenvalue weighted by atomic mass is 79.9. The van der Waals surface area contributed by atoms with Gasteiger partial charge in [-0.1, -0.05) is 28.1 Å². The van der Waals surface area contributed by atoms with Crippen molar-refractivity contribution in [3.8, 4) is 5.75 Å². The number of fused-ring (bicyclic) bond motifs is 1. The number of carbonyl (C=O) groups excluding carboxylic acids is 3. The molecule has 1 spiro atoms. The third-order valence-corrected chi connectivity index (χ3v) is 10.6. The van der Waals surface area contributed by atoms with Crippen LogP contribution in [-0.4, -0.2) is 93.9 Å². The predicted molar refractivity (Wildman–Crippen MR) is 144 cm³/mol. The summed E-state index contributed by atoms with van der Waals surface area (Å²) >= 11 is 5.34. The number of aliphatic hydroxyl groups is 1. The molecule has 1 N–H and O–H groups in total. The van der Waals surface area contributed by atoms with E-state index >= 15 is 0 Å². The molecule has 3 fully saturated rings. The Morgan fingerprint density at radius 1 is 1.25 bits per heavy atom. The van der Waals surface area contributed by atoms with Crippen LogP contribution in [0.1, 0.15) is 6.42 Å². The summed E-state index contributed by atoms with van der Waals surface area (Å²) < 4.78 is 4.48. The Balaban J connectivity index is 1.77. The number of hydrogen-bond donors (Lipinski definition) is 1. The van der Waals surface area contributed by atoms with E-state index < -0.39 is 22.6 Å². The highest BCUT2D eigenvalue weighted by Gasteiger charge is 2.75. The van der Waals surface area contributed by atoms with Crippen LogP contribution in [0.5, 0.6) is 5.75 Å². The van der Waals surface area contributed by atoms with Crippen molar-refractivity contribution in [3.05, 3.63) is 49.6 Å². The molecule has 0 radical (unpaired) electrons. The lowest BCUT2D eigenvalue weighted by Gasteiger charge is -2.38. The van der Waals surface area contributed by atoms with E-state index in [0.29, 0.717) is 24.4 Å². The molecule has 0 aliphatic carbocycles. The first-order valence-electron chi connectivity index (χ1n) is 11.9. The van der Waals surface area contributed by atoms with Crippen LogP contribution in [0, 0.1) is 11.8 Å². The number of likely N-dealkylation sites (tertiary alicyclic amines) is 1. The summed E-state index contributed by atoms with van der Waals surface area (Å²) in [6.45, 7) is 7.93. The maximum atomic E-state index is 14.3. The van der Waals surface area contributed by atoms with E-state index in [4.69, 9.17) is 4.74 Å². The molecule has 4 rings (SSSR count). The normalized spacial score (nSPS) is 30.2. The average molecular weight is 579 g/mol. The summed E-state index contributed by atoms with van der Waals surface area (Å²) in [4.78, 5) is 46.4. The van der Waals surface area contributed by atoms with Crippen LogP contribution in [0.3, 0.4) is 0 Å². The number of carbonyl (C=O) groups is 3. The van der Waals surface area contributed by atoms with Crippen LogP contribution < -0.4 is 9.64 Å². The fourth-order valence-electron chi connectivity index (χ4n) is 5.94.